The Hall–Kier alpha value is -0.800. The molecule has 2 N–H and O–H groups in total. The Morgan fingerprint density at radius 2 is 2.25 bits per heavy atom. The van der Waals surface area contributed by atoms with Crippen LogP contribution in [0.15, 0.2) is 18.3 Å². The van der Waals surface area contributed by atoms with Crippen LogP contribution < -0.4 is 10.5 Å². The molecule has 0 aliphatic heterocycles. The van der Waals surface area contributed by atoms with Gasteiger partial charge in [-0.25, -0.2) is 0 Å². The molecule has 12 heavy (non-hydrogen) atoms. The van der Waals surface area contributed by atoms with E-state index in [0.29, 0.717) is 0 Å². The lowest BCUT2D eigenvalue weighted by Gasteiger charge is -2.05. The highest BCUT2D eigenvalue weighted by molar-refractivity contribution is 5.85. The third-order valence-corrected chi connectivity index (χ3v) is 1.45. The first-order chi connectivity index (χ1) is 5.24. The Balaban J connectivity index is 0.00000121. The molecule has 0 fully saturated rings. The molecule has 0 aliphatic carbocycles. The molecule has 0 saturated carbocycles. The van der Waals surface area contributed by atoms with E-state index in [1.54, 1.807) is 19.4 Å². The zero-order valence-electron chi connectivity index (χ0n) is 7.15. The van der Waals surface area contributed by atoms with Crippen molar-refractivity contribution < 1.29 is 4.74 Å². The van der Waals surface area contributed by atoms with Crippen LogP contribution in [0, 0.1) is 0 Å². The summed E-state index contributed by atoms with van der Waals surface area (Å²) in [6, 6.07) is 3.60. The molecule has 68 valence electrons. The van der Waals surface area contributed by atoms with E-state index in [2.05, 4.69) is 4.98 Å². The fourth-order valence-electron chi connectivity index (χ4n) is 0.804. The van der Waals surface area contributed by atoms with Gasteiger partial charge < -0.3 is 10.5 Å². The van der Waals surface area contributed by atoms with E-state index in [-0.39, 0.29) is 18.4 Å². The van der Waals surface area contributed by atoms with Crippen LogP contribution in [0.2, 0.25) is 0 Å². The largest absolute Gasteiger partial charge is 0.497 e. The maximum atomic E-state index is 5.62. The Kier molecular flexibility index (Phi) is 4.62. The van der Waals surface area contributed by atoms with Crippen LogP contribution >= 0.6 is 12.4 Å². The molecule has 1 rings (SSSR count). The highest BCUT2D eigenvalue weighted by Crippen LogP contribution is 2.13. The van der Waals surface area contributed by atoms with Gasteiger partial charge in [-0.05, 0) is 13.0 Å². The average molecular weight is 189 g/mol. The first kappa shape index (κ1) is 11.2. The molecule has 4 heteroatoms. The monoisotopic (exact) mass is 188 g/mol. The average Bonchev–Trinajstić information content (AvgIpc) is 2.05. The summed E-state index contributed by atoms with van der Waals surface area (Å²) in [5.41, 5.74) is 6.47. The van der Waals surface area contributed by atoms with Crippen molar-refractivity contribution in [1.82, 2.24) is 4.98 Å². The van der Waals surface area contributed by atoms with Crippen LogP contribution in [-0.2, 0) is 0 Å². The summed E-state index contributed by atoms with van der Waals surface area (Å²) in [5, 5.41) is 0. The van der Waals surface area contributed by atoms with E-state index in [9.17, 15) is 0 Å². The molecule has 1 heterocycles. The van der Waals surface area contributed by atoms with Crippen LogP contribution in [-0.4, -0.2) is 12.1 Å². The molecular formula is C8H13ClN2O. The maximum absolute atomic E-state index is 5.62. The molecule has 0 aromatic carbocycles. The van der Waals surface area contributed by atoms with Gasteiger partial charge in [-0.15, -0.1) is 12.4 Å². The maximum Gasteiger partial charge on any atom is 0.122 e. The lowest BCUT2D eigenvalue weighted by molar-refractivity contribution is 0.413. The second-order valence-corrected chi connectivity index (χ2v) is 2.41. The van der Waals surface area contributed by atoms with Crippen molar-refractivity contribution in [1.29, 1.82) is 0 Å². The van der Waals surface area contributed by atoms with Gasteiger partial charge in [-0.1, -0.05) is 0 Å². The van der Waals surface area contributed by atoms with Gasteiger partial charge in [0.15, 0.2) is 0 Å². The van der Waals surface area contributed by atoms with Gasteiger partial charge in [-0.2, -0.15) is 0 Å². The van der Waals surface area contributed by atoms with Gasteiger partial charge in [0.2, 0.25) is 0 Å². The predicted molar refractivity (Wildman–Crippen MR) is 50.6 cm³/mol. The number of nitrogens with zero attached hydrogens (tertiary/aromatic N) is 1. The number of pyridine rings is 1. The van der Waals surface area contributed by atoms with Gasteiger partial charge in [0.05, 0.1) is 12.8 Å². The second kappa shape index (κ2) is 4.95. The topological polar surface area (TPSA) is 48.1 Å². The molecule has 0 aliphatic rings. The first-order valence-electron chi connectivity index (χ1n) is 3.49. The molecule has 1 aromatic rings. The number of rotatable bonds is 2. The van der Waals surface area contributed by atoms with Crippen molar-refractivity contribution in [2.75, 3.05) is 7.11 Å². The zero-order valence-corrected chi connectivity index (χ0v) is 7.97. The lowest BCUT2D eigenvalue weighted by Crippen LogP contribution is -2.06. The van der Waals surface area contributed by atoms with Crippen LogP contribution in [0.5, 0.6) is 5.75 Å². The van der Waals surface area contributed by atoms with Crippen molar-refractivity contribution in [3.8, 4) is 5.75 Å². The Morgan fingerprint density at radius 3 is 2.75 bits per heavy atom. The van der Waals surface area contributed by atoms with E-state index in [1.807, 2.05) is 13.0 Å². The second-order valence-electron chi connectivity index (χ2n) is 2.41. The first-order valence-corrected chi connectivity index (χ1v) is 3.49. The van der Waals surface area contributed by atoms with Gasteiger partial charge in [-0.3, -0.25) is 4.98 Å². The summed E-state index contributed by atoms with van der Waals surface area (Å²) in [4.78, 5) is 4.08. The summed E-state index contributed by atoms with van der Waals surface area (Å²) in [6.45, 7) is 1.89. The lowest BCUT2D eigenvalue weighted by atomic mass is 10.2. The van der Waals surface area contributed by atoms with Crippen molar-refractivity contribution >= 4 is 12.4 Å². The summed E-state index contributed by atoms with van der Waals surface area (Å²) < 4.78 is 5.01. The molecule has 1 atom stereocenters. The Bertz CT molecular complexity index is 240. The minimum atomic E-state index is -0.0369. The van der Waals surface area contributed by atoms with Gasteiger partial charge in [0, 0.05) is 18.3 Å². The van der Waals surface area contributed by atoms with Crippen LogP contribution in [0.1, 0.15) is 18.7 Å². The van der Waals surface area contributed by atoms with Gasteiger partial charge >= 0.3 is 0 Å². The number of methoxy groups -OCH3 is 1. The van der Waals surface area contributed by atoms with E-state index in [1.165, 1.54) is 0 Å². The molecule has 3 nitrogen and oxygen atoms in total. The van der Waals surface area contributed by atoms with Crippen LogP contribution in [0.4, 0.5) is 0 Å². The predicted octanol–water partition coefficient (Wildman–Crippen LogP) is 1.53. The molecule has 0 amide bonds. The minimum absolute atomic E-state index is 0. The number of hydrogen-bond donors (Lipinski definition) is 1. The highest BCUT2D eigenvalue weighted by atomic mass is 35.5. The quantitative estimate of drug-likeness (QED) is 0.766. The number of aromatic nitrogens is 1. The summed E-state index contributed by atoms with van der Waals surface area (Å²) in [5.74, 6) is 0.798. The fraction of sp³-hybridized carbons (Fsp3) is 0.375. The molecule has 0 unspecified atom stereocenters. The molecule has 1 aromatic heterocycles. The van der Waals surface area contributed by atoms with E-state index in [4.69, 9.17) is 10.5 Å². The summed E-state index contributed by atoms with van der Waals surface area (Å²) in [6.07, 6.45) is 1.69. The Labute approximate surface area is 78.4 Å². The highest BCUT2D eigenvalue weighted by Gasteiger charge is 2.00. The standard InChI is InChI=1S/C8H12N2O.ClH/c1-6(9)8-5-7(11-2)3-4-10-8;/h3-6H,9H2,1-2H3;1H/t6-;/m1./s1. The molecule has 0 spiro atoms. The molecule has 0 bridgehead atoms. The fourth-order valence-corrected chi connectivity index (χ4v) is 0.804. The SMILES string of the molecule is COc1ccnc([C@@H](C)N)c1.Cl. The van der Waals surface area contributed by atoms with Crippen LogP contribution in [0.3, 0.4) is 0 Å². The van der Waals surface area contributed by atoms with E-state index >= 15 is 0 Å². The Morgan fingerprint density at radius 1 is 1.58 bits per heavy atom. The number of halogens is 1. The van der Waals surface area contributed by atoms with Crippen LogP contribution in [0.25, 0.3) is 0 Å². The number of hydrogen-bond acceptors (Lipinski definition) is 3. The van der Waals surface area contributed by atoms with E-state index in [0.717, 1.165) is 11.4 Å². The normalized spacial score (nSPS) is 11.6. The number of nitrogens with two attached hydrogens (primary N) is 1. The molecular weight excluding hydrogens is 176 g/mol. The molecule has 0 radical (unpaired) electrons. The summed E-state index contributed by atoms with van der Waals surface area (Å²) in [7, 11) is 1.63. The van der Waals surface area contributed by atoms with Gasteiger partial charge in [0.25, 0.3) is 0 Å². The van der Waals surface area contributed by atoms with E-state index < -0.39 is 0 Å². The minimum Gasteiger partial charge on any atom is -0.497 e. The van der Waals surface area contributed by atoms with Crippen molar-refractivity contribution in [2.24, 2.45) is 5.73 Å². The van der Waals surface area contributed by atoms with Gasteiger partial charge in [0.1, 0.15) is 5.75 Å². The summed E-state index contributed by atoms with van der Waals surface area (Å²) >= 11 is 0. The smallest absolute Gasteiger partial charge is 0.122 e. The third-order valence-electron chi connectivity index (χ3n) is 1.45. The van der Waals surface area contributed by atoms with Crippen molar-refractivity contribution in [3.63, 3.8) is 0 Å². The molecule has 0 saturated heterocycles. The van der Waals surface area contributed by atoms with Crippen molar-refractivity contribution in [3.05, 3.63) is 24.0 Å². The number of ether oxygens (including phenoxy) is 1. The zero-order chi connectivity index (χ0) is 8.27. The third kappa shape index (κ3) is 2.68. The van der Waals surface area contributed by atoms with Crippen molar-refractivity contribution in [2.45, 2.75) is 13.0 Å².